The number of aromatic nitrogens is 1. The number of thiazole rings is 1. The van der Waals surface area contributed by atoms with E-state index in [9.17, 15) is 0 Å². The summed E-state index contributed by atoms with van der Waals surface area (Å²) in [5.41, 5.74) is 0.364. The second kappa shape index (κ2) is 5.07. The minimum absolute atomic E-state index is 0.321. The van der Waals surface area contributed by atoms with Crippen LogP contribution in [0, 0.1) is 0 Å². The number of hydrogen-bond donors (Lipinski definition) is 0. The Balaban J connectivity index is 2.28. The maximum atomic E-state index is 6.08. The number of rotatable bonds is 4. The minimum Gasteiger partial charge on any atom is -0.470 e. The average Bonchev–Trinajstić information content (AvgIpc) is 2.79. The van der Waals surface area contributed by atoms with E-state index in [1.54, 1.807) is 0 Å². The summed E-state index contributed by atoms with van der Waals surface area (Å²) in [5.74, 6) is 0. The van der Waals surface area contributed by atoms with Gasteiger partial charge >= 0.3 is 7.12 Å². The molecule has 0 amide bonds. The molecular formula is C13H22BNO3S. The standard InChI is InChI=1S/C13H22BNO3S/c1-7-9-10(19-11(15-9)16-8-2)14-17-12(3,4)13(5,6)18-14/h7-8H2,1-6H3. The third-order valence-corrected chi connectivity index (χ3v) is 4.81. The van der Waals surface area contributed by atoms with Gasteiger partial charge in [-0.15, -0.1) is 0 Å². The first-order valence-corrected chi connectivity index (χ1v) is 7.60. The fourth-order valence-electron chi connectivity index (χ4n) is 1.91. The Morgan fingerprint density at radius 2 is 1.74 bits per heavy atom. The second-order valence-corrected chi connectivity index (χ2v) is 6.66. The summed E-state index contributed by atoms with van der Waals surface area (Å²) in [4.78, 5) is 4.49. The van der Waals surface area contributed by atoms with Crippen molar-refractivity contribution in [3.63, 3.8) is 0 Å². The largest absolute Gasteiger partial charge is 0.507 e. The highest BCUT2D eigenvalue weighted by Crippen LogP contribution is 2.37. The van der Waals surface area contributed by atoms with Crippen molar-refractivity contribution < 1.29 is 14.0 Å². The molecule has 6 heteroatoms. The van der Waals surface area contributed by atoms with Crippen LogP contribution in [-0.4, -0.2) is 29.9 Å². The smallest absolute Gasteiger partial charge is 0.470 e. The number of ether oxygens (including phenoxy) is 1. The molecule has 0 saturated carbocycles. The van der Waals surface area contributed by atoms with Gasteiger partial charge in [-0.25, -0.2) is 4.98 Å². The van der Waals surface area contributed by atoms with Crippen LogP contribution in [0.2, 0.25) is 0 Å². The number of aryl methyl sites for hydroxylation is 1. The third-order valence-electron chi connectivity index (χ3n) is 3.78. The highest BCUT2D eigenvalue weighted by molar-refractivity contribution is 7.23. The monoisotopic (exact) mass is 283 g/mol. The highest BCUT2D eigenvalue weighted by atomic mass is 32.1. The van der Waals surface area contributed by atoms with Crippen molar-refractivity contribution in [1.82, 2.24) is 4.98 Å². The summed E-state index contributed by atoms with van der Waals surface area (Å²) in [7, 11) is -0.341. The average molecular weight is 283 g/mol. The first kappa shape index (κ1) is 14.8. The number of hydrogen-bond acceptors (Lipinski definition) is 5. The summed E-state index contributed by atoms with van der Waals surface area (Å²) in [5, 5.41) is 0.698. The van der Waals surface area contributed by atoms with E-state index in [1.807, 2.05) is 6.92 Å². The molecule has 0 atom stereocenters. The molecule has 0 N–H and O–H groups in total. The first-order chi connectivity index (χ1) is 8.80. The highest BCUT2D eigenvalue weighted by Gasteiger charge is 2.53. The predicted molar refractivity (Wildman–Crippen MR) is 78.4 cm³/mol. The zero-order valence-corrected chi connectivity index (χ0v) is 13.4. The molecule has 0 aliphatic carbocycles. The molecule has 1 fully saturated rings. The summed E-state index contributed by atoms with van der Waals surface area (Å²) in [6.07, 6.45) is 0.850. The van der Waals surface area contributed by atoms with Crippen molar-refractivity contribution >= 4 is 23.2 Å². The maximum Gasteiger partial charge on any atom is 0.507 e. The van der Waals surface area contributed by atoms with Crippen LogP contribution < -0.4 is 9.51 Å². The van der Waals surface area contributed by atoms with Crippen LogP contribution in [0.3, 0.4) is 0 Å². The molecule has 2 heterocycles. The van der Waals surface area contributed by atoms with Crippen LogP contribution in [0.15, 0.2) is 0 Å². The van der Waals surface area contributed by atoms with E-state index < -0.39 is 0 Å². The van der Waals surface area contributed by atoms with Crippen LogP contribution in [0.25, 0.3) is 0 Å². The molecule has 106 valence electrons. The van der Waals surface area contributed by atoms with Gasteiger partial charge in [0.1, 0.15) is 0 Å². The lowest BCUT2D eigenvalue weighted by Gasteiger charge is -2.32. The van der Waals surface area contributed by atoms with Gasteiger partial charge in [-0.05, 0) is 41.0 Å². The number of nitrogens with zero attached hydrogens (tertiary/aromatic N) is 1. The molecule has 1 aromatic rings. The quantitative estimate of drug-likeness (QED) is 0.796. The van der Waals surface area contributed by atoms with E-state index in [-0.39, 0.29) is 18.3 Å². The van der Waals surface area contributed by atoms with E-state index in [2.05, 4.69) is 39.6 Å². The van der Waals surface area contributed by atoms with Gasteiger partial charge in [0.2, 0.25) is 0 Å². The van der Waals surface area contributed by atoms with Crippen LogP contribution in [0.1, 0.15) is 47.2 Å². The van der Waals surface area contributed by atoms with Crippen LogP contribution >= 0.6 is 11.3 Å². The maximum absolute atomic E-state index is 6.08. The fourth-order valence-corrected chi connectivity index (χ4v) is 2.93. The van der Waals surface area contributed by atoms with Crippen LogP contribution in [-0.2, 0) is 15.7 Å². The SMILES string of the molecule is CCOc1nc(CC)c(B2OC(C)(C)C(C)(C)O2)s1. The van der Waals surface area contributed by atoms with Crippen molar-refractivity contribution in [2.24, 2.45) is 0 Å². The van der Waals surface area contributed by atoms with Gasteiger partial charge in [-0.2, -0.15) is 0 Å². The third kappa shape index (κ3) is 2.66. The molecule has 1 aliphatic heterocycles. The Labute approximate surface area is 119 Å². The van der Waals surface area contributed by atoms with Crippen LogP contribution in [0.4, 0.5) is 0 Å². The Morgan fingerprint density at radius 3 is 2.21 bits per heavy atom. The summed E-state index contributed by atoms with van der Waals surface area (Å²) < 4.78 is 18.7. The molecule has 0 bridgehead atoms. The molecule has 0 radical (unpaired) electrons. The molecule has 19 heavy (non-hydrogen) atoms. The Kier molecular flexibility index (Phi) is 3.96. The van der Waals surface area contributed by atoms with E-state index in [0.717, 1.165) is 16.9 Å². The lowest BCUT2D eigenvalue weighted by atomic mass is 9.86. The van der Waals surface area contributed by atoms with Gasteiger partial charge in [0.05, 0.1) is 28.3 Å². The Morgan fingerprint density at radius 1 is 1.16 bits per heavy atom. The Hall–Kier alpha value is -0.585. The lowest BCUT2D eigenvalue weighted by molar-refractivity contribution is 0.00578. The molecule has 2 rings (SSSR count). The van der Waals surface area contributed by atoms with E-state index >= 15 is 0 Å². The molecule has 0 spiro atoms. The molecular weight excluding hydrogens is 261 g/mol. The molecule has 1 aromatic heterocycles. The van der Waals surface area contributed by atoms with Gasteiger partial charge in [0, 0.05) is 0 Å². The Bertz CT molecular complexity index is 443. The van der Waals surface area contributed by atoms with Gasteiger partial charge < -0.3 is 14.0 Å². The summed E-state index contributed by atoms with van der Waals surface area (Å²) in [6.45, 7) is 12.9. The van der Waals surface area contributed by atoms with Gasteiger partial charge in [-0.3, -0.25) is 0 Å². The molecule has 1 saturated heterocycles. The van der Waals surface area contributed by atoms with Gasteiger partial charge in [0.15, 0.2) is 0 Å². The van der Waals surface area contributed by atoms with Gasteiger partial charge in [-0.1, -0.05) is 18.3 Å². The second-order valence-electron chi connectivity index (χ2n) is 5.67. The zero-order chi connectivity index (χ0) is 14.3. The van der Waals surface area contributed by atoms with E-state index in [1.165, 1.54) is 11.3 Å². The van der Waals surface area contributed by atoms with Crippen molar-refractivity contribution in [2.75, 3.05) is 6.61 Å². The van der Waals surface area contributed by atoms with Crippen molar-refractivity contribution in [1.29, 1.82) is 0 Å². The van der Waals surface area contributed by atoms with Crippen molar-refractivity contribution in [3.05, 3.63) is 5.69 Å². The van der Waals surface area contributed by atoms with E-state index in [0.29, 0.717) is 11.8 Å². The van der Waals surface area contributed by atoms with E-state index in [4.69, 9.17) is 14.0 Å². The lowest BCUT2D eigenvalue weighted by Crippen LogP contribution is -2.41. The molecule has 4 nitrogen and oxygen atoms in total. The molecule has 0 unspecified atom stereocenters. The minimum atomic E-state index is -0.341. The first-order valence-electron chi connectivity index (χ1n) is 6.78. The predicted octanol–water partition coefficient (Wildman–Crippen LogP) is 2.40. The summed E-state index contributed by atoms with van der Waals surface area (Å²) >= 11 is 1.52. The molecule has 1 aliphatic rings. The topological polar surface area (TPSA) is 40.6 Å². The van der Waals surface area contributed by atoms with Gasteiger partial charge in [0.25, 0.3) is 5.19 Å². The molecule has 0 aromatic carbocycles. The summed E-state index contributed by atoms with van der Waals surface area (Å²) in [6, 6.07) is 0. The van der Waals surface area contributed by atoms with Crippen LogP contribution in [0.5, 0.6) is 5.19 Å². The van der Waals surface area contributed by atoms with Crippen molar-refractivity contribution in [2.45, 2.75) is 59.2 Å². The van der Waals surface area contributed by atoms with Crippen molar-refractivity contribution in [3.8, 4) is 5.19 Å². The zero-order valence-electron chi connectivity index (χ0n) is 12.6. The fraction of sp³-hybridized carbons (Fsp3) is 0.769. The normalized spacial score (nSPS) is 20.8.